The smallest absolute Gasteiger partial charge is 0.335 e. The van der Waals surface area contributed by atoms with Gasteiger partial charge in [0.15, 0.2) is 6.10 Å². The fraction of sp³-hybridized carbons (Fsp3) is 0.250. The Morgan fingerprint density at radius 2 is 2.14 bits per heavy atom. The predicted octanol–water partition coefficient (Wildman–Crippen LogP) is -0.857. The van der Waals surface area contributed by atoms with E-state index in [4.69, 9.17) is 15.9 Å². The molecule has 6 nitrogen and oxygen atoms in total. The van der Waals surface area contributed by atoms with Gasteiger partial charge in [0.05, 0.1) is 5.69 Å². The van der Waals surface area contributed by atoms with Crippen molar-refractivity contribution >= 4 is 11.7 Å². The number of aromatic nitrogens is 1. The van der Waals surface area contributed by atoms with Crippen LogP contribution < -0.4 is 5.73 Å². The maximum Gasteiger partial charge on any atom is 0.335 e. The molecule has 6 heteroatoms. The van der Waals surface area contributed by atoms with E-state index in [2.05, 4.69) is 4.98 Å². The summed E-state index contributed by atoms with van der Waals surface area (Å²) in [4.78, 5) is 14.0. The van der Waals surface area contributed by atoms with Crippen molar-refractivity contribution in [1.82, 2.24) is 4.98 Å². The van der Waals surface area contributed by atoms with Crippen LogP contribution in [0.5, 0.6) is 0 Å². The molecule has 5 N–H and O–H groups in total. The van der Waals surface area contributed by atoms with Crippen molar-refractivity contribution in [3.05, 3.63) is 24.0 Å². The topological polar surface area (TPSA) is 117 Å². The first-order valence-electron chi connectivity index (χ1n) is 3.82. The second-order valence-corrected chi connectivity index (χ2v) is 2.74. The van der Waals surface area contributed by atoms with E-state index in [0.717, 1.165) is 0 Å². The number of carbonyl (C=O) groups is 1. The van der Waals surface area contributed by atoms with Gasteiger partial charge in [-0.1, -0.05) is 0 Å². The van der Waals surface area contributed by atoms with Crippen LogP contribution in [0.4, 0.5) is 5.69 Å². The van der Waals surface area contributed by atoms with Crippen LogP contribution in [0.25, 0.3) is 0 Å². The second kappa shape index (κ2) is 4.03. The number of nitrogen functional groups attached to an aromatic ring is 1. The van der Waals surface area contributed by atoms with Gasteiger partial charge in [0.2, 0.25) is 0 Å². The molecule has 0 aliphatic rings. The molecule has 0 radical (unpaired) electrons. The van der Waals surface area contributed by atoms with Crippen molar-refractivity contribution in [2.24, 2.45) is 0 Å². The normalized spacial score (nSPS) is 14.7. The minimum atomic E-state index is -1.90. The average molecular weight is 198 g/mol. The number of aliphatic carboxylic acids is 1. The highest BCUT2D eigenvalue weighted by Gasteiger charge is 2.26. The number of anilines is 1. The molecule has 2 unspecified atom stereocenters. The van der Waals surface area contributed by atoms with Crippen LogP contribution >= 0.6 is 0 Å². The van der Waals surface area contributed by atoms with Gasteiger partial charge in [0.25, 0.3) is 0 Å². The van der Waals surface area contributed by atoms with Gasteiger partial charge in [-0.05, 0) is 12.1 Å². The van der Waals surface area contributed by atoms with Gasteiger partial charge in [-0.3, -0.25) is 4.98 Å². The molecule has 2 atom stereocenters. The summed E-state index contributed by atoms with van der Waals surface area (Å²) in [7, 11) is 0. The van der Waals surface area contributed by atoms with Crippen LogP contribution in [0.3, 0.4) is 0 Å². The van der Waals surface area contributed by atoms with Crippen LogP contribution in [-0.4, -0.2) is 32.4 Å². The Morgan fingerprint density at radius 3 is 2.64 bits per heavy atom. The Morgan fingerprint density at radius 1 is 1.50 bits per heavy atom. The second-order valence-electron chi connectivity index (χ2n) is 2.74. The molecule has 0 aliphatic heterocycles. The maximum atomic E-state index is 10.3. The van der Waals surface area contributed by atoms with E-state index in [1.807, 2.05) is 0 Å². The highest BCUT2D eigenvalue weighted by atomic mass is 16.4. The zero-order chi connectivity index (χ0) is 10.7. The van der Waals surface area contributed by atoms with Gasteiger partial charge in [-0.15, -0.1) is 0 Å². The summed E-state index contributed by atoms with van der Waals surface area (Å²) in [6.45, 7) is 0. The number of hydrogen-bond acceptors (Lipinski definition) is 5. The largest absolute Gasteiger partial charge is 0.479 e. The molecule has 0 saturated carbocycles. The molecule has 0 bridgehead atoms. The van der Waals surface area contributed by atoms with E-state index in [0.29, 0.717) is 5.69 Å². The van der Waals surface area contributed by atoms with Gasteiger partial charge < -0.3 is 21.1 Å². The van der Waals surface area contributed by atoms with Gasteiger partial charge in [0.1, 0.15) is 6.10 Å². The number of nitrogens with two attached hydrogens (primary N) is 1. The van der Waals surface area contributed by atoms with Crippen molar-refractivity contribution < 1.29 is 20.1 Å². The minimum Gasteiger partial charge on any atom is -0.479 e. The van der Waals surface area contributed by atoms with Crippen LogP contribution in [-0.2, 0) is 4.79 Å². The van der Waals surface area contributed by atoms with Crippen LogP contribution in [0, 0.1) is 0 Å². The lowest BCUT2D eigenvalue weighted by molar-refractivity contribution is -0.153. The molecule has 76 valence electrons. The molecule has 0 saturated heterocycles. The Kier molecular flexibility index (Phi) is 3.00. The minimum absolute atomic E-state index is 0.0277. The quantitative estimate of drug-likeness (QED) is 0.502. The van der Waals surface area contributed by atoms with Crippen molar-refractivity contribution in [3.63, 3.8) is 0 Å². The standard InChI is InChI=1S/C8H10N2O4/c9-4-1-2-10-5(3-4)6(11)7(12)8(13)14/h1-3,6-7,11-12H,(H2,9,10)(H,13,14). The first kappa shape index (κ1) is 10.4. The van der Waals surface area contributed by atoms with Crippen LogP contribution in [0.1, 0.15) is 11.8 Å². The third kappa shape index (κ3) is 2.18. The van der Waals surface area contributed by atoms with Crippen molar-refractivity contribution in [2.45, 2.75) is 12.2 Å². The number of aliphatic hydroxyl groups is 2. The lowest BCUT2D eigenvalue weighted by Gasteiger charge is -2.13. The number of rotatable bonds is 3. The third-order valence-electron chi connectivity index (χ3n) is 1.66. The van der Waals surface area contributed by atoms with Crippen molar-refractivity contribution in [1.29, 1.82) is 0 Å². The van der Waals surface area contributed by atoms with E-state index in [1.54, 1.807) is 0 Å². The summed E-state index contributed by atoms with van der Waals surface area (Å²) >= 11 is 0. The number of pyridine rings is 1. The van der Waals surface area contributed by atoms with Crippen LogP contribution in [0.15, 0.2) is 18.3 Å². The fourth-order valence-electron chi connectivity index (χ4n) is 0.924. The summed E-state index contributed by atoms with van der Waals surface area (Å²) in [6, 6.07) is 2.79. The molecule has 14 heavy (non-hydrogen) atoms. The molecular weight excluding hydrogens is 188 g/mol. The van der Waals surface area contributed by atoms with E-state index >= 15 is 0 Å². The summed E-state index contributed by atoms with van der Waals surface area (Å²) in [6.07, 6.45) is -2.15. The van der Waals surface area contributed by atoms with Gasteiger partial charge in [-0.25, -0.2) is 4.79 Å². The molecule has 1 heterocycles. The van der Waals surface area contributed by atoms with Crippen molar-refractivity contribution in [3.8, 4) is 0 Å². The predicted molar refractivity (Wildman–Crippen MR) is 47.3 cm³/mol. The van der Waals surface area contributed by atoms with E-state index in [9.17, 15) is 9.90 Å². The van der Waals surface area contributed by atoms with E-state index in [1.165, 1.54) is 18.3 Å². The molecule has 0 amide bonds. The fourth-order valence-corrected chi connectivity index (χ4v) is 0.924. The first-order valence-corrected chi connectivity index (χ1v) is 3.82. The number of hydrogen-bond donors (Lipinski definition) is 4. The molecule has 1 aromatic rings. The molecular formula is C8H10N2O4. The average Bonchev–Trinajstić information content (AvgIpc) is 2.15. The Bertz CT molecular complexity index is 342. The molecule has 0 aliphatic carbocycles. The summed E-state index contributed by atoms with van der Waals surface area (Å²) in [5, 5.41) is 26.8. The Labute approximate surface area is 79.6 Å². The lowest BCUT2D eigenvalue weighted by Crippen LogP contribution is -2.28. The monoisotopic (exact) mass is 198 g/mol. The maximum absolute atomic E-state index is 10.3. The first-order chi connectivity index (χ1) is 6.52. The number of carboxylic acids is 1. The molecule has 0 spiro atoms. The highest BCUT2D eigenvalue weighted by molar-refractivity contribution is 5.73. The van der Waals surface area contributed by atoms with Crippen LogP contribution in [0.2, 0.25) is 0 Å². The van der Waals surface area contributed by atoms with Gasteiger partial charge in [-0.2, -0.15) is 0 Å². The number of nitrogens with zero attached hydrogens (tertiary/aromatic N) is 1. The molecule has 0 fully saturated rings. The molecule has 0 aromatic carbocycles. The van der Waals surface area contributed by atoms with Gasteiger partial charge in [0, 0.05) is 11.9 Å². The van der Waals surface area contributed by atoms with E-state index < -0.39 is 18.2 Å². The molecule has 1 rings (SSSR count). The highest BCUT2D eigenvalue weighted by Crippen LogP contribution is 2.16. The van der Waals surface area contributed by atoms with Gasteiger partial charge >= 0.3 is 5.97 Å². The van der Waals surface area contributed by atoms with Crippen molar-refractivity contribution in [2.75, 3.05) is 5.73 Å². The Balaban J connectivity index is 2.89. The summed E-state index contributed by atoms with van der Waals surface area (Å²) < 4.78 is 0. The van der Waals surface area contributed by atoms with E-state index in [-0.39, 0.29) is 5.69 Å². The zero-order valence-electron chi connectivity index (χ0n) is 7.16. The number of aliphatic hydroxyl groups excluding tert-OH is 2. The molecule has 1 aromatic heterocycles. The number of carboxylic acid groups (broad SMARTS) is 1. The lowest BCUT2D eigenvalue weighted by atomic mass is 10.1. The summed E-state index contributed by atoms with van der Waals surface area (Å²) in [5.41, 5.74) is 5.76. The third-order valence-corrected chi connectivity index (χ3v) is 1.66. The summed E-state index contributed by atoms with van der Waals surface area (Å²) in [5.74, 6) is -1.51. The Hall–Kier alpha value is -1.66. The SMILES string of the molecule is Nc1ccnc(C(O)C(O)C(=O)O)c1. The zero-order valence-corrected chi connectivity index (χ0v) is 7.16.